The molecular formula is C19H21NO2. The maximum atomic E-state index is 11.9. The molecule has 0 aromatic heterocycles. The zero-order chi connectivity index (χ0) is 15.3. The fourth-order valence-corrected chi connectivity index (χ4v) is 4.36. The number of rotatable bonds is 3. The normalized spacial score (nSPS) is 31.3. The number of carbonyl (C=O) groups excluding carboxylic acids is 2. The first-order valence-electron chi connectivity index (χ1n) is 8.26. The Morgan fingerprint density at radius 2 is 1.68 bits per heavy atom. The van der Waals surface area contributed by atoms with Crippen LogP contribution in [0.5, 0.6) is 0 Å². The highest BCUT2D eigenvalue weighted by atomic mass is 16.2. The predicted molar refractivity (Wildman–Crippen MR) is 84.0 cm³/mol. The first kappa shape index (κ1) is 13.7. The first-order chi connectivity index (χ1) is 10.6. The van der Waals surface area contributed by atoms with Gasteiger partial charge in [-0.05, 0) is 48.6 Å². The van der Waals surface area contributed by atoms with Crippen molar-refractivity contribution < 1.29 is 9.59 Å². The van der Waals surface area contributed by atoms with E-state index in [9.17, 15) is 9.59 Å². The Labute approximate surface area is 131 Å². The van der Waals surface area contributed by atoms with Gasteiger partial charge in [0.2, 0.25) is 11.8 Å². The van der Waals surface area contributed by atoms with E-state index in [1.54, 1.807) is 0 Å². The number of imide groups is 1. The molecule has 4 unspecified atom stereocenters. The van der Waals surface area contributed by atoms with Crippen molar-refractivity contribution in [1.82, 2.24) is 4.90 Å². The van der Waals surface area contributed by atoms with E-state index in [4.69, 9.17) is 0 Å². The Morgan fingerprint density at radius 3 is 2.23 bits per heavy atom. The molecule has 1 aromatic carbocycles. The number of carbonyl (C=O) groups is 2. The van der Waals surface area contributed by atoms with Gasteiger partial charge < -0.3 is 0 Å². The van der Waals surface area contributed by atoms with Gasteiger partial charge in [-0.25, -0.2) is 0 Å². The van der Waals surface area contributed by atoms with E-state index in [-0.39, 0.29) is 17.9 Å². The molecule has 1 heterocycles. The second kappa shape index (κ2) is 5.08. The number of fused-ring (bicyclic) bond motifs is 2. The van der Waals surface area contributed by atoms with E-state index < -0.39 is 0 Å². The number of amides is 2. The SMILES string of the molecule is CC(c1ccc(C2CC3C=CC2C3)cc1)N1C(=O)CCC1=O. The zero-order valence-corrected chi connectivity index (χ0v) is 12.9. The molecule has 2 aliphatic carbocycles. The predicted octanol–water partition coefficient (Wildman–Crippen LogP) is 3.58. The summed E-state index contributed by atoms with van der Waals surface area (Å²) in [5, 5.41) is 0. The van der Waals surface area contributed by atoms with Crippen molar-refractivity contribution in [2.45, 2.75) is 44.6 Å². The first-order valence-corrected chi connectivity index (χ1v) is 8.26. The molecule has 1 aliphatic heterocycles. The summed E-state index contributed by atoms with van der Waals surface area (Å²) in [5.41, 5.74) is 2.44. The molecule has 3 aliphatic rings. The van der Waals surface area contributed by atoms with E-state index in [2.05, 4.69) is 36.4 Å². The van der Waals surface area contributed by atoms with Crippen LogP contribution in [0.3, 0.4) is 0 Å². The third-order valence-electron chi connectivity index (χ3n) is 5.60. The van der Waals surface area contributed by atoms with Crippen molar-refractivity contribution in [1.29, 1.82) is 0 Å². The monoisotopic (exact) mass is 295 g/mol. The second-order valence-electron chi connectivity index (χ2n) is 6.89. The third kappa shape index (κ3) is 2.11. The molecule has 0 spiro atoms. The van der Waals surface area contributed by atoms with Crippen LogP contribution in [0.2, 0.25) is 0 Å². The Morgan fingerprint density at radius 1 is 1.00 bits per heavy atom. The summed E-state index contributed by atoms with van der Waals surface area (Å²) in [5.74, 6) is 2.04. The van der Waals surface area contributed by atoms with Gasteiger partial charge in [0.1, 0.15) is 0 Å². The van der Waals surface area contributed by atoms with E-state index in [0.717, 1.165) is 11.5 Å². The van der Waals surface area contributed by atoms with Crippen LogP contribution in [0.25, 0.3) is 0 Å². The molecule has 1 saturated heterocycles. The smallest absolute Gasteiger partial charge is 0.230 e. The highest BCUT2D eigenvalue weighted by Crippen LogP contribution is 2.48. The lowest BCUT2D eigenvalue weighted by molar-refractivity contribution is -0.140. The highest BCUT2D eigenvalue weighted by Gasteiger charge is 2.37. The van der Waals surface area contributed by atoms with Crippen molar-refractivity contribution in [2.75, 3.05) is 0 Å². The van der Waals surface area contributed by atoms with Gasteiger partial charge in [-0.15, -0.1) is 0 Å². The topological polar surface area (TPSA) is 37.4 Å². The van der Waals surface area contributed by atoms with Gasteiger partial charge in [0.25, 0.3) is 0 Å². The minimum atomic E-state index is -0.156. The number of likely N-dealkylation sites (tertiary alicyclic amines) is 1. The van der Waals surface area contributed by atoms with Crippen LogP contribution in [0.4, 0.5) is 0 Å². The largest absolute Gasteiger partial charge is 0.275 e. The number of allylic oxidation sites excluding steroid dienone is 2. The molecule has 3 nitrogen and oxygen atoms in total. The molecule has 2 amide bonds. The van der Waals surface area contributed by atoms with Gasteiger partial charge in [-0.2, -0.15) is 0 Å². The maximum Gasteiger partial charge on any atom is 0.230 e. The highest BCUT2D eigenvalue weighted by molar-refractivity contribution is 6.02. The molecule has 114 valence electrons. The Bertz CT molecular complexity index is 630. The molecule has 2 fully saturated rings. The average molecular weight is 295 g/mol. The van der Waals surface area contributed by atoms with Gasteiger partial charge in [-0.1, -0.05) is 36.4 Å². The summed E-state index contributed by atoms with van der Waals surface area (Å²) in [6, 6.07) is 8.41. The van der Waals surface area contributed by atoms with Crippen LogP contribution in [0.15, 0.2) is 36.4 Å². The molecule has 4 atom stereocenters. The number of benzene rings is 1. The number of nitrogens with zero attached hydrogens (tertiary/aromatic N) is 1. The summed E-state index contributed by atoms with van der Waals surface area (Å²) in [7, 11) is 0. The third-order valence-corrected chi connectivity index (χ3v) is 5.60. The lowest BCUT2D eigenvalue weighted by atomic mass is 9.86. The minimum absolute atomic E-state index is 0.0418. The van der Waals surface area contributed by atoms with Gasteiger partial charge in [0.15, 0.2) is 0 Å². The van der Waals surface area contributed by atoms with Crippen LogP contribution < -0.4 is 0 Å². The van der Waals surface area contributed by atoms with Crippen LogP contribution in [0, 0.1) is 11.8 Å². The summed E-state index contributed by atoms with van der Waals surface area (Å²) < 4.78 is 0. The summed E-state index contributed by atoms with van der Waals surface area (Å²) in [4.78, 5) is 25.1. The lowest BCUT2D eigenvalue weighted by Crippen LogP contribution is -2.31. The second-order valence-corrected chi connectivity index (χ2v) is 6.89. The maximum absolute atomic E-state index is 11.9. The van der Waals surface area contributed by atoms with Crippen molar-refractivity contribution in [3.8, 4) is 0 Å². The van der Waals surface area contributed by atoms with Gasteiger partial charge in [-0.3, -0.25) is 14.5 Å². The quantitative estimate of drug-likeness (QED) is 0.631. The number of hydrogen-bond acceptors (Lipinski definition) is 2. The van der Waals surface area contributed by atoms with Gasteiger partial charge in [0.05, 0.1) is 6.04 Å². The molecule has 1 aromatic rings. The lowest BCUT2D eigenvalue weighted by Gasteiger charge is -2.24. The minimum Gasteiger partial charge on any atom is -0.275 e. The van der Waals surface area contributed by atoms with Gasteiger partial charge in [0, 0.05) is 12.8 Å². The van der Waals surface area contributed by atoms with E-state index >= 15 is 0 Å². The molecule has 3 heteroatoms. The molecule has 1 saturated carbocycles. The van der Waals surface area contributed by atoms with Crippen LogP contribution >= 0.6 is 0 Å². The molecular weight excluding hydrogens is 274 g/mol. The molecule has 0 N–H and O–H groups in total. The van der Waals surface area contributed by atoms with Crippen molar-refractivity contribution in [2.24, 2.45) is 11.8 Å². The number of hydrogen-bond donors (Lipinski definition) is 0. The molecule has 4 rings (SSSR count). The Balaban J connectivity index is 1.53. The van der Waals surface area contributed by atoms with E-state index in [0.29, 0.717) is 24.7 Å². The average Bonchev–Trinajstić information content (AvgIpc) is 3.23. The zero-order valence-electron chi connectivity index (χ0n) is 12.9. The molecule has 22 heavy (non-hydrogen) atoms. The molecule has 0 radical (unpaired) electrons. The summed E-state index contributed by atoms with van der Waals surface area (Å²) in [6.07, 6.45) is 8.02. The van der Waals surface area contributed by atoms with Gasteiger partial charge >= 0.3 is 0 Å². The Kier molecular flexibility index (Phi) is 3.17. The summed E-state index contributed by atoms with van der Waals surface area (Å²) >= 11 is 0. The van der Waals surface area contributed by atoms with Crippen molar-refractivity contribution in [3.63, 3.8) is 0 Å². The Hall–Kier alpha value is -1.90. The molecule has 2 bridgehead atoms. The van der Waals surface area contributed by atoms with Crippen LogP contribution in [-0.4, -0.2) is 16.7 Å². The van der Waals surface area contributed by atoms with E-state index in [1.165, 1.54) is 23.3 Å². The van der Waals surface area contributed by atoms with Crippen molar-refractivity contribution >= 4 is 11.8 Å². The van der Waals surface area contributed by atoms with Crippen LogP contribution in [0.1, 0.15) is 55.7 Å². The van der Waals surface area contributed by atoms with Crippen molar-refractivity contribution in [3.05, 3.63) is 47.5 Å². The fourth-order valence-electron chi connectivity index (χ4n) is 4.36. The fraction of sp³-hybridized carbons (Fsp3) is 0.474. The standard InChI is InChI=1S/C19H21NO2/c1-12(20-18(21)8-9-19(20)22)14-4-6-15(7-5-14)17-11-13-2-3-16(17)10-13/h2-7,12-13,16-17H,8-11H2,1H3. The summed E-state index contributed by atoms with van der Waals surface area (Å²) in [6.45, 7) is 1.94. The van der Waals surface area contributed by atoms with Crippen LogP contribution in [-0.2, 0) is 9.59 Å². The van der Waals surface area contributed by atoms with E-state index in [1.807, 2.05) is 6.92 Å².